The van der Waals surface area contributed by atoms with Crippen molar-refractivity contribution < 1.29 is 0 Å². The van der Waals surface area contributed by atoms with Gasteiger partial charge in [0.2, 0.25) is 0 Å². The van der Waals surface area contributed by atoms with Crippen LogP contribution >= 0.6 is 35.2 Å². The summed E-state index contributed by atoms with van der Waals surface area (Å²) in [4.78, 5) is 9.60. The minimum atomic E-state index is 0.918. The van der Waals surface area contributed by atoms with Gasteiger partial charge in [0.05, 0.1) is 34.8 Å². The topological polar surface area (TPSA) is 61.3 Å². The number of benzene rings is 10. The molecule has 0 unspecified atom stereocenters. The molecule has 380 valence electrons. The first-order chi connectivity index (χ1) is 38.7. The second-order valence-corrected chi connectivity index (χ2v) is 21.9. The Morgan fingerprint density at radius 1 is 0.333 bits per heavy atom. The summed E-state index contributed by atoms with van der Waals surface area (Å²) in [5, 5.41) is 0. The average molecular weight is 1070 g/mol. The zero-order valence-corrected chi connectivity index (χ0v) is 45.7. The highest BCUT2D eigenvalue weighted by molar-refractivity contribution is 7.99. The molecule has 0 saturated heterocycles. The van der Waals surface area contributed by atoms with Crippen LogP contribution in [0.15, 0.2) is 240 Å². The molecule has 3 heterocycles. The first-order valence-electron chi connectivity index (χ1n) is 26.9. The van der Waals surface area contributed by atoms with Gasteiger partial charge in [-0.3, -0.25) is 0 Å². The molecule has 0 amide bonds. The van der Waals surface area contributed by atoms with Crippen molar-refractivity contribution in [2.75, 3.05) is 21.2 Å². The number of hydrogen-bond donors (Lipinski definition) is 0. The highest BCUT2D eigenvalue weighted by atomic mass is 32.2. The molecule has 0 bridgehead atoms. The summed E-state index contributed by atoms with van der Waals surface area (Å²) in [7, 11) is 0. The fraction of sp³-hybridized carbons (Fsp3) is 0.118. The summed E-state index contributed by atoms with van der Waals surface area (Å²) in [6, 6.07) is 82.6. The normalized spacial score (nSPS) is 11.9. The van der Waals surface area contributed by atoms with E-state index in [2.05, 4.69) is 252 Å². The summed E-state index contributed by atoms with van der Waals surface area (Å²) in [6.07, 6.45) is 7.46. The monoisotopic (exact) mass is 1070 g/mol. The molecule has 0 fully saturated rings. The predicted molar refractivity (Wildman–Crippen MR) is 330 cm³/mol. The summed E-state index contributed by atoms with van der Waals surface area (Å²) >= 11 is 4.41. The number of rotatable bonds is 17. The van der Waals surface area contributed by atoms with Crippen LogP contribution in [-0.4, -0.2) is 24.0 Å². The van der Waals surface area contributed by atoms with E-state index < -0.39 is 0 Å². The third kappa shape index (κ3) is 9.72. The van der Waals surface area contributed by atoms with Gasteiger partial charge < -0.3 is 14.7 Å². The van der Waals surface area contributed by atoms with Crippen LogP contribution in [0.2, 0.25) is 0 Å². The van der Waals surface area contributed by atoms with E-state index in [9.17, 15) is 0 Å². The molecule has 0 aliphatic carbocycles. The van der Waals surface area contributed by atoms with Gasteiger partial charge in [-0.15, -0.1) is 0 Å². The zero-order valence-electron chi connectivity index (χ0n) is 43.2. The van der Waals surface area contributed by atoms with Crippen molar-refractivity contribution in [3.63, 3.8) is 0 Å². The van der Waals surface area contributed by atoms with Crippen molar-refractivity contribution in [2.24, 2.45) is 0 Å². The van der Waals surface area contributed by atoms with E-state index in [0.29, 0.717) is 0 Å². The first kappa shape index (κ1) is 49.2. The molecule has 10 aromatic carbocycles. The van der Waals surface area contributed by atoms with Crippen LogP contribution < -0.4 is 14.7 Å². The fourth-order valence-electron chi connectivity index (χ4n) is 11.0. The second kappa shape index (κ2) is 22.3. The lowest BCUT2D eigenvalue weighted by atomic mass is 9.96. The average Bonchev–Trinajstić information content (AvgIpc) is 4.31. The fourth-order valence-corrected chi connectivity index (χ4v) is 13.3. The minimum absolute atomic E-state index is 0.918. The molecule has 0 N–H and O–H groups in total. The molecule has 1 aliphatic rings. The van der Waals surface area contributed by atoms with Gasteiger partial charge in [-0.05, 0) is 126 Å². The van der Waals surface area contributed by atoms with E-state index in [1.54, 1.807) is 0 Å². The third-order valence-electron chi connectivity index (χ3n) is 14.8. The standard InChI is InChI=1S/C68H55N7S3/c1-2-3-4-5-6-19-44-73-61-42-32-49(59-40-38-57(65-67(59)71-77-69-65)47-28-34-55(35-29-47)74(51-20-11-7-12-21-51)52-22-13-8-14-23-52)45-63(61)76-64-46-50(33-43-62(64)73)60-41-39-58(66-68(60)72-78-70-66)48-30-36-56(37-31-48)75(53-24-15-9-16-25-53)54-26-17-10-18-27-54/h7-18,20-43,45-46H,2-6,19,44H2,1H3. The van der Waals surface area contributed by atoms with Gasteiger partial charge in [0, 0.05) is 72.7 Å². The van der Waals surface area contributed by atoms with Crippen LogP contribution in [0, 0.1) is 0 Å². The van der Waals surface area contributed by atoms with Gasteiger partial charge in [-0.1, -0.05) is 184 Å². The van der Waals surface area contributed by atoms with Crippen molar-refractivity contribution in [2.45, 2.75) is 55.2 Å². The number of aromatic nitrogens is 4. The van der Waals surface area contributed by atoms with Crippen molar-refractivity contribution in [3.8, 4) is 44.5 Å². The van der Waals surface area contributed by atoms with Crippen molar-refractivity contribution >= 4 is 103 Å². The van der Waals surface area contributed by atoms with Gasteiger partial charge >= 0.3 is 0 Å². The lowest BCUT2D eigenvalue weighted by Gasteiger charge is -2.33. The Morgan fingerprint density at radius 2 is 0.654 bits per heavy atom. The van der Waals surface area contributed by atoms with E-state index >= 15 is 0 Å². The Bertz CT molecular complexity index is 3670. The number of para-hydroxylation sites is 4. The van der Waals surface area contributed by atoms with E-state index in [0.717, 1.165) is 114 Å². The Kier molecular flexibility index (Phi) is 14.0. The highest BCUT2D eigenvalue weighted by Gasteiger charge is 2.26. The smallest absolute Gasteiger partial charge is 0.113 e. The first-order valence-corrected chi connectivity index (χ1v) is 29.2. The molecule has 10 heteroatoms. The number of fused-ring (bicyclic) bond motifs is 4. The quantitative estimate of drug-likeness (QED) is 0.0836. The lowest BCUT2D eigenvalue weighted by Crippen LogP contribution is -2.22. The largest absolute Gasteiger partial charge is 0.340 e. The van der Waals surface area contributed by atoms with Gasteiger partial charge in [0.15, 0.2) is 0 Å². The summed E-state index contributed by atoms with van der Waals surface area (Å²) in [5.74, 6) is 0. The van der Waals surface area contributed by atoms with Crippen LogP contribution in [0.25, 0.3) is 66.6 Å². The van der Waals surface area contributed by atoms with Gasteiger partial charge in [-0.2, -0.15) is 17.5 Å². The van der Waals surface area contributed by atoms with Gasteiger partial charge in [0.1, 0.15) is 22.1 Å². The van der Waals surface area contributed by atoms with E-state index in [1.165, 1.54) is 76.7 Å². The Hall–Kier alpha value is -8.41. The molecule has 2 aromatic heterocycles. The van der Waals surface area contributed by atoms with Crippen molar-refractivity contribution in [1.82, 2.24) is 17.5 Å². The van der Waals surface area contributed by atoms with E-state index in [-0.39, 0.29) is 0 Å². The van der Waals surface area contributed by atoms with Crippen molar-refractivity contribution in [1.29, 1.82) is 0 Å². The van der Waals surface area contributed by atoms with Crippen molar-refractivity contribution in [3.05, 3.63) is 231 Å². The lowest BCUT2D eigenvalue weighted by molar-refractivity contribution is 0.608. The van der Waals surface area contributed by atoms with Crippen LogP contribution in [-0.2, 0) is 0 Å². The molecule has 7 nitrogen and oxygen atoms in total. The molecule has 78 heavy (non-hydrogen) atoms. The summed E-state index contributed by atoms with van der Waals surface area (Å²) in [5.41, 5.74) is 21.6. The maximum absolute atomic E-state index is 4.96. The highest BCUT2D eigenvalue weighted by Crippen LogP contribution is 2.52. The predicted octanol–water partition coefficient (Wildman–Crippen LogP) is 20.3. The number of hydrogen-bond acceptors (Lipinski definition) is 10. The molecule has 0 saturated carbocycles. The van der Waals surface area contributed by atoms with Crippen LogP contribution in [0.1, 0.15) is 45.4 Å². The van der Waals surface area contributed by atoms with E-state index in [1.807, 2.05) is 11.8 Å². The molecule has 0 spiro atoms. The van der Waals surface area contributed by atoms with Gasteiger partial charge in [0.25, 0.3) is 0 Å². The number of nitrogens with zero attached hydrogens (tertiary/aromatic N) is 7. The van der Waals surface area contributed by atoms with Crippen LogP contribution in [0.3, 0.4) is 0 Å². The summed E-state index contributed by atoms with van der Waals surface area (Å²) < 4.78 is 19.8. The van der Waals surface area contributed by atoms with E-state index in [4.69, 9.17) is 17.5 Å². The second-order valence-electron chi connectivity index (χ2n) is 19.7. The molecule has 1 aliphatic heterocycles. The van der Waals surface area contributed by atoms with Crippen LogP contribution in [0.5, 0.6) is 0 Å². The Balaban J connectivity index is 0.808. The number of anilines is 8. The molecular weight excluding hydrogens is 1010 g/mol. The third-order valence-corrected chi connectivity index (χ3v) is 17.0. The Labute approximate surface area is 468 Å². The van der Waals surface area contributed by atoms with Crippen LogP contribution in [0.4, 0.5) is 45.5 Å². The summed E-state index contributed by atoms with van der Waals surface area (Å²) in [6.45, 7) is 3.24. The SMILES string of the molecule is CCCCCCCCN1c2ccc(-c3ccc(-c4ccc(N(c5ccccc5)c5ccccc5)cc4)c4nsnc34)cc2Sc2cc(-c3ccc(-c4ccc(N(c5ccccc5)c5ccccc5)cc4)c4nsnc34)ccc21. The molecular formula is C68H55N7S3. The maximum Gasteiger partial charge on any atom is 0.113 e. The molecule has 0 atom stereocenters. The maximum atomic E-state index is 4.96. The minimum Gasteiger partial charge on any atom is -0.340 e. The molecule has 0 radical (unpaired) electrons. The molecule has 12 aromatic rings. The molecule has 13 rings (SSSR count). The van der Waals surface area contributed by atoms with Gasteiger partial charge in [-0.25, -0.2) is 0 Å². The zero-order chi connectivity index (χ0) is 52.2. The number of unbranched alkanes of at least 4 members (excludes halogenated alkanes) is 5. The Morgan fingerprint density at radius 3 is 1.03 bits per heavy atom.